The Balaban J connectivity index is 1.89. The van der Waals surface area contributed by atoms with E-state index < -0.39 is 0 Å². The van der Waals surface area contributed by atoms with Gasteiger partial charge in [-0.3, -0.25) is 0 Å². The molecule has 0 amide bonds. The minimum atomic E-state index is 0.962. The molecule has 1 N–H and O–H groups in total. The fraction of sp³-hybridized carbons (Fsp3) is 0.250. The largest absolute Gasteiger partial charge is 0.338 e. The Morgan fingerprint density at radius 2 is 2.07 bits per heavy atom. The number of imidazole rings is 1. The summed E-state index contributed by atoms with van der Waals surface area (Å²) in [6.07, 6.45) is 4.78. The van der Waals surface area contributed by atoms with E-state index in [1.54, 1.807) is 6.20 Å². The molecule has 3 rings (SSSR count). The van der Waals surface area contributed by atoms with Crippen molar-refractivity contribution in [1.29, 1.82) is 0 Å². The molecule has 3 heteroatoms. The molecule has 76 valence electrons. The number of rotatable bonds is 1. The van der Waals surface area contributed by atoms with Crippen molar-refractivity contribution in [2.24, 2.45) is 0 Å². The predicted molar refractivity (Wildman–Crippen MR) is 59.8 cm³/mol. The zero-order chi connectivity index (χ0) is 10.1. The lowest BCUT2D eigenvalue weighted by Crippen LogP contribution is -2.31. The summed E-state index contributed by atoms with van der Waals surface area (Å²) in [6.45, 7) is 2.01. The number of fused-ring (bicyclic) bond motifs is 1. The van der Waals surface area contributed by atoms with Crippen LogP contribution in [0.3, 0.4) is 0 Å². The number of nitrogens with one attached hydrogen (secondary N) is 1. The maximum absolute atomic E-state index is 4.28. The lowest BCUT2D eigenvalue weighted by molar-refractivity contribution is 0.713. The molecule has 0 bridgehead atoms. The Morgan fingerprint density at radius 3 is 2.87 bits per heavy atom. The van der Waals surface area contributed by atoms with Crippen molar-refractivity contribution in [1.82, 2.24) is 9.97 Å². The highest BCUT2D eigenvalue weighted by atomic mass is 15.3. The second kappa shape index (κ2) is 3.42. The SMILES string of the molecule is c1ccc2c(c1)CCN(c1ncc[nH]1)C2. The minimum Gasteiger partial charge on any atom is -0.338 e. The van der Waals surface area contributed by atoms with Gasteiger partial charge in [0.25, 0.3) is 0 Å². The quantitative estimate of drug-likeness (QED) is 0.761. The van der Waals surface area contributed by atoms with E-state index in [0.717, 1.165) is 25.5 Å². The summed E-state index contributed by atoms with van der Waals surface area (Å²) in [4.78, 5) is 9.72. The molecular formula is C12H13N3. The molecule has 3 nitrogen and oxygen atoms in total. The molecule has 0 spiro atoms. The van der Waals surface area contributed by atoms with Gasteiger partial charge in [0.05, 0.1) is 0 Å². The van der Waals surface area contributed by atoms with Crippen LogP contribution < -0.4 is 4.90 Å². The van der Waals surface area contributed by atoms with Crippen LogP contribution >= 0.6 is 0 Å². The number of aromatic amines is 1. The lowest BCUT2D eigenvalue weighted by Gasteiger charge is -2.28. The van der Waals surface area contributed by atoms with Crippen LogP contribution in [0, 0.1) is 0 Å². The number of hydrogen-bond acceptors (Lipinski definition) is 2. The van der Waals surface area contributed by atoms with E-state index >= 15 is 0 Å². The van der Waals surface area contributed by atoms with Gasteiger partial charge in [0.1, 0.15) is 0 Å². The summed E-state index contributed by atoms with van der Waals surface area (Å²) in [5.74, 6) is 0.976. The maximum Gasteiger partial charge on any atom is 0.203 e. The average molecular weight is 199 g/mol. The Bertz CT molecular complexity index is 448. The highest BCUT2D eigenvalue weighted by molar-refractivity contribution is 5.39. The van der Waals surface area contributed by atoms with Gasteiger partial charge >= 0.3 is 0 Å². The van der Waals surface area contributed by atoms with Gasteiger partial charge in [-0.2, -0.15) is 0 Å². The van der Waals surface area contributed by atoms with E-state index in [9.17, 15) is 0 Å². The second-order valence-corrected chi connectivity index (χ2v) is 3.85. The van der Waals surface area contributed by atoms with Gasteiger partial charge in [-0.05, 0) is 17.5 Å². The molecule has 0 atom stereocenters. The van der Waals surface area contributed by atoms with E-state index in [0.29, 0.717) is 0 Å². The summed E-state index contributed by atoms with van der Waals surface area (Å²) in [5.41, 5.74) is 2.89. The molecule has 1 aliphatic rings. The first-order valence-electron chi connectivity index (χ1n) is 5.24. The summed E-state index contributed by atoms with van der Waals surface area (Å²) < 4.78 is 0. The molecule has 0 saturated heterocycles. The number of benzene rings is 1. The number of hydrogen-bond donors (Lipinski definition) is 1. The van der Waals surface area contributed by atoms with Crippen LogP contribution in [0.15, 0.2) is 36.7 Å². The standard InChI is InChI=1S/C12H13N3/c1-2-4-11-9-15(8-5-10(11)3-1)12-13-6-7-14-12/h1-4,6-7H,5,8-9H2,(H,13,14). The molecule has 1 aromatic carbocycles. The first-order chi connectivity index (χ1) is 7.43. The second-order valence-electron chi connectivity index (χ2n) is 3.85. The molecule has 0 saturated carbocycles. The Kier molecular flexibility index (Phi) is 1.95. The van der Waals surface area contributed by atoms with Crippen LogP contribution in [0.5, 0.6) is 0 Å². The highest BCUT2D eigenvalue weighted by Gasteiger charge is 2.16. The first kappa shape index (κ1) is 8.53. The fourth-order valence-electron chi connectivity index (χ4n) is 2.11. The molecule has 0 radical (unpaired) electrons. The fourth-order valence-corrected chi connectivity index (χ4v) is 2.11. The van der Waals surface area contributed by atoms with Gasteiger partial charge in [0.15, 0.2) is 0 Å². The van der Waals surface area contributed by atoms with Crippen molar-refractivity contribution in [3.63, 3.8) is 0 Å². The zero-order valence-electron chi connectivity index (χ0n) is 8.48. The lowest BCUT2D eigenvalue weighted by atomic mass is 10.0. The summed E-state index contributed by atoms with van der Waals surface area (Å²) in [6, 6.07) is 8.63. The monoisotopic (exact) mass is 199 g/mol. The van der Waals surface area contributed by atoms with E-state index in [1.807, 2.05) is 6.20 Å². The van der Waals surface area contributed by atoms with Gasteiger partial charge in [-0.15, -0.1) is 0 Å². The Morgan fingerprint density at radius 1 is 1.20 bits per heavy atom. The number of nitrogens with zero attached hydrogens (tertiary/aromatic N) is 2. The molecule has 0 unspecified atom stereocenters. The minimum absolute atomic E-state index is 0.962. The van der Waals surface area contributed by atoms with Crippen molar-refractivity contribution in [2.75, 3.05) is 11.4 Å². The van der Waals surface area contributed by atoms with Crippen molar-refractivity contribution in [3.8, 4) is 0 Å². The van der Waals surface area contributed by atoms with Gasteiger partial charge in [0, 0.05) is 25.5 Å². The third kappa shape index (κ3) is 1.50. The third-order valence-electron chi connectivity index (χ3n) is 2.91. The van der Waals surface area contributed by atoms with Crippen LogP contribution in [0.1, 0.15) is 11.1 Å². The number of H-pyrrole nitrogens is 1. The first-order valence-corrected chi connectivity index (χ1v) is 5.24. The third-order valence-corrected chi connectivity index (χ3v) is 2.91. The van der Waals surface area contributed by atoms with E-state index in [1.165, 1.54) is 11.1 Å². The van der Waals surface area contributed by atoms with Crippen molar-refractivity contribution >= 4 is 5.95 Å². The van der Waals surface area contributed by atoms with E-state index in [-0.39, 0.29) is 0 Å². The van der Waals surface area contributed by atoms with Crippen LogP contribution in [0.25, 0.3) is 0 Å². The van der Waals surface area contributed by atoms with Crippen LogP contribution in [0.2, 0.25) is 0 Å². The molecule has 1 aromatic heterocycles. The van der Waals surface area contributed by atoms with E-state index in [4.69, 9.17) is 0 Å². The predicted octanol–water partition coefficient (Wildman–Crippen LogP) is 1.97. The summed E-state index contributed by atoms with van der Waals surface area (Å²) in [5, 5.41) is 0. The van der Waals surface area contributed by atoms with Gasteiger partial charge in [-0.25, -0.2) is 4.98 Å². The normalized spacial score (nSPS) is 15.1. The van der Waals surface area contributed by atoms with Crippen molar-refractivity contribution in [3.05, 3.63) is 47.8 Å². The summed E-state index contributed by atoms with van der Waals surface area (Å²) in [7, 11) is 0. The van der Waals surface area contributed by atoms with E-state index in [2.05, 4.69) is 39.1 Å². The van der Waals surface area contributed by atoms with Crippen LogP contribution in [-0.4, -0.2) is 16.5 Å². The number of anilines is 1. The van der Waals surface area contributed by atoms with Crippen molar-refractivity contribution < 1.29 is 0 Å². The summed E-state index contributed by atoms with van der Waals surface area (Å²) >= 11 is 0. The average Bonchev–Trinajstić information content (AvgIpc) is 2.82. The van der Waals surface area contributed by atoms with Gasteiger partial charge in [0.2, 0.25) is 5.95 Å². The number of aromatic nitrogens is 2. The van der Waals surface area contributed by atoms with Crippen LogP contribution in [-0.2, 0) is 13.0 Å². The molecule has 15 heavy (non-hydrogen) atoms. The van der Waals surface area contributed by atoms with Gasteiger partial charge in [-0.1, -0.05) is 24.3 Å². The van der Waals surface area contributed by atoms with Crippen molar-refractivity contribution in [2.45, 2.75) is 13.0 Å². The molecule has 0 aliphatic carbocycles. The highest BCUT2D eigenvalue weighted by Crippen LogP contribution is 2.21. The van der Waals surface area contributed by atoms with Crippen LogP contribution in [0.4, 0.5) is 5.95 Å². The maximum atomic E-state index is 4.28. The molecular weight excluding hydrogens is 186 g/mol. The molecule has 2 aromatic rings. The molecule has 0 fully saturated rings. The van der Waals surface area contributed by atoms with Gasteiger partial charge < -0.3 is 9.88 Å². The Labute approximate surface area is 88.8 Å². The Hall–Kier alpha value is -1.77. The molecule has 1 aliphatic heterocycles. The molecule has 2 heterocycles. The topological polar surface area (TPSA) is 31.9 Å². The zero-order valence-corrected chi connectivity index (χ0v) is 8.48. The smallest absolute Gasteiger partial charge is 0.203 e.